The smallest absolute Gasteiger partial charge is 0.304 e. The number of aromatic nitrogens is 3. The number of carboxylic acid groups (broad SMARTS) is 1. The van der Waals surface area contributed by atoms with Crippen molar-refractivity contribution in [2.45, 2.75) is 32.9 Å². The molecule has 7 nitrogen and oxygen atoms in total. The molecule has 0 radical (unpaired) electrons. The summed E-state index contributed by atoms with van der Waals surface area (Å²) < 4.78 is 5.22. The molecule has 0 aliphatic rings. The van der Waals surface area contributed by atoms with Gasteiger partial charge in [0.15, 0.2) is 0 Å². The highest BCUT2D eigenvalue weighted by molar-refractivity contribution is 5.67. The van der Waals surface area contributed by atoms with Crippen LogP contribution < -0.4 is 0 Å². The first kappa shape index (κ1) is 15.1. The molecule has 0 aliphatic carbocycles. The Hall–Kier alpha value is -2.28. The van der Waals surface area contributed by atoms with Crippen LogP contribution in [0.5, 0.6) is 0 Å². The van der Waals surface area contributed by atoms with Gasteiger partial charge in [-0.3, -0.25) is 14.7 Å². The summed E-state index contributed by atoms with van der Waals surface area (Å²) in [4.78, 5) is 21.2. The number of pyridine rings is 1. The van der Waals surface area contributed by atoms with Crippen LogP contribution in [0.2, 0.25) is 0 Å². The van der Waals surface area contributed by atoms with Gasteiger partial charge in [0.1, 0.15) is 5.69 Å². The van der Waals surface area contributed by atoms with Crippen LogP contribution in [0.15, 0.2) is 28.9 Å². The average molecular weight is 290 g/mol. The third-order valence-electron chi connectivity index (χ3n) is 3.20. The first-order valence-electron chi connectivity index (χ1n) is 6.80. The number of aliphatic carboxylic acids is 1. The van der Waals surface area contributed by atoms with Crippen molar-refractivity contribution in [1.29, 1.82) is 0 Å². The van der Waals surface area contributed by atoms with E-state index in [0.717, 1.165) is 0 Å². The van der Waals surface area contributed by atoms with Gasteiger partial charge >= 0.3 is 5.97 Å². The molecule has 0 bridgehead atoms. The Bertz CT molecular complexity index is 585. The number of hydrogen-bond acceptors (Lipinski definition) is 6. The lowest BCUT2D eigenvalue weighted by Gasteiger charge is -2.24. The average Bonchev–Trinajstić information content (AvgIpc) is 2.93. The van der Waals surface area contributed by atoms with Crippen LogP contribution in [-0.2, 0) is 11.3 Å². The third kappa shape index (κ3) is 4.09. The summed E-state index contributed by atoms with van der Waals surface area (Å²) in [6.07, 6.45) is 1.74. The van der Waals surface area contributed by atoms with E-state index in [1.807, 2.05) is 30.9 Å². The van der Waals surface area contributed by atoms with Gasteiger partial charge in [0.05, 0.1) is 13.0 Å². The monoisotopic (exact) mass is 290 g/mol. The van der Waals surface area contributed by atoms with Crippen molar-refractivity contribution in [3.05, 3.63) is 30.3 Å². The zero-order valence-electron chi connectivity index (χ0n) is 12.1. The van der Waals surface area contributed by atoms with Gasteiger partial charge in [-0.15, -0.1) is 0 Å². The van der Waals surface area contributed by atoms with Crippen LogP contribution in [0.1, 0.15) is 26.2 Å². The first-order chi connectivity index (χ1) is 10.1. The van der Waals surface area contributed by atoms with Crippen molar-refractivity contribution in [2.24, 2.45) is 0 Å². The second-order valence-electron chi connectivity index (χ2n) is 4.74. The lowest BCUT2D eigenvalue weighted by atomic mass is 10.2. The molecule has 0 aliphatic heterocycles. The van der Waals surface area contributed by atoms with Crippen LogP contribution in [0.4, 0.5) is 0 Å². The van der Waals surface area contributed by atoms with E-state index in [-0.39, 0.29) is 12.5 Å². The first-order valence-corrected chi connectivity index (χ1v) is 6.80. The van der Waals surface area contributed by atoms with Gasteiger partial charge in [-0.05, 0) is 25.6 Å². The maximum absolute atomic E-state index is 10.8. The quantitative estimate of drug-likeness (QED) is 0.831. The molecule has 112 valence electrons. The summed E-state index contributed by atoms with van der Waals surface area (Å²) in [6.45, 7) is 4.96. The molecule has 2 heterocycles. The minimum atomic E-state index is -0.819. The molecule has 2 rings (SSSR count). The SMILES string of the molecule is CCN(Cc1nc(-c2ccccn2)no1)C(C)CC(=O)O. The Morgan fingerprint density at radius 3 is 2.90 bits per heavy atom. The van der Waals surface area contributed by atoms with Gasteiger partial charge in [-0.25, -0.2) is 0 Å². The van der Waals surface area contributed by atoms with Crippen molar-refractivity contribution < 1.29 is 14.4 Å². The van der Waals surface area contributed by atoms with Gasteiger partial charge in [0, 0.05) is 12.2 Å². The summed E-state index contributed by atoms with van der Waals surface area (Å²) in [5.74, 6) is 0.0722. The second kappa shape index (κ2) is 6.94. The van der Waals surface area contributed by atoms with E-state index in [0.29, 0.717) is 30.5 Å². The van der Waals surface area contributed by atoms with E-state index in [1.54, 1.807) is 12.3 Å². The Labute approximate surface area is 122 Å². The molecule has 1 atom stereocenters. The highest BCUT2D eigenvalue weighted by atomic mass is 16.5. The fourth-order valence-electron chi connectivity index (χ4n) is 2.05. The van der Waals surface area contributed by atoms with Gasteiger partial charge < -0.3 is 9.63 Å². The minimum Gasteiger partial charge on any atom is -0.481 e. The van der Waals surface area contributed by atoms with Gasteiger partial charge in [-0.2, -0.15) is 4.98 Å². The Kier molecular flexibility index (Phi) is 4.99. The molecule has 0 spiro atoms. The molecule has 21 heavy (non-hydrogen) atoms. The van der Waals surface area contributed by atoms with Crippen molar-refractivity contribution in [3.63, 3.8) is 0 Å². The molecule has 0 fully saturated rings. The van der Waals surface area contributed by atoms with E-state index in [4.69, 9.17) is 9.63 Å². The van der Waals surface area contributed by atoms with Crippen LogP contribution in [-0.4, -0.2) is 43.7 Å². The lowest BCUT2D eigenvalue weighted by molar-refractivity contribution is -0.138. The molecule has 1 unspecified atom stereocenters. The number of carbonyl (C=O) groups is 1. The van der Waals surface area contributed by atoms with Crippen LogP contribution in [0, 0.1) is 0 Å². The molecule has 7 heteroatoms. The van der Waals surface area contributed by atoms with E-state index >= 15 is 0 Å². The molecular weight excluding hydrogens is 272 g/mol. The van der Waals surface area contributed by atoms with Crippen LogP contribution in [0.25, 0.3) is 11.5 Å². The van der Waals surface area contributed by atoms with Crippen LogP contribution >= 0.6 is 0 Å². The Balaban J connectivity index is 2.05. The van der Waals surface area contributed by atoms with Gasteiger partial charge in [-0.1, -0.05) is 18.1 Å². The maximum atomic E-state index is 10.8. The van der Waals surface area contributed by atoms with Crippen molar-refractivity contribution >= 4 is 5.97 Å². The molecular formula is C14H18N4O3. The number of rotatable bonds is 7. The third-order valence-corrected chi connectivity index (χ3v) is 3.20. The number of carboxylic acids is 1. The van der Waals surface area contributed by atoms with Crippen molar-refractivity contribution in [1.82, 2.24) is 20.0 Å². The van der Waals surface area contributed by atoms with E-state index in [9.17, 15) is 4.79 Å². The van der Waals surface area contributed by atoms with E-state index in [1.165, 1.54) is 0 Å². The predicted octanol–water partition coefficient (Wildman–Crippen LogP) is 1.82. The van der Waals surface area contributed by atoms with Crippen LogP contribution in [0.3, 0.4) is 0 Å². The predicted molar refractivity (Wildman–Crippen MR) is 75.3 cm³/mol. The molecule has 0 amide bonds. The summed E-state index contributed by atoms with van der Waals surface area (Å²) in [6, 6.07) is 5.37. The van der Waals surface area contributed by atoms with E-state index < -0.39 is 5.97 Å². The standard InChI is InChI=1S/C14H18N4O3/c1-3-18(10(2)8-13(19)20)9-12-16-14(17-21-12)11-6-4-5-7-15-11/h4-7,10H,3,8-9H2,1-2H3,(H,19,20). The summed E-state index contributed by atoms with van der Waals surface area (Å²) >= 11 is 0. The zero-order valence-corrected chi connectivity index (χ0v) is 12.1. The molecule has 2 aromatic heterocycles. The summed E-state index contributed by atoms with van der Waals surface area (Å²) in [5, 5.41) is 12.8. The van der Waals surface area contributed by atoms with Gasteiger partial charge in [0.2, 0.25) is 11.7 Å². The van der Waals surface area contributed by atoms with Crippen molar-refractivity contribution in [3.8, 4) is 11.5 Å². The molecule has 1 N–H and O–H groups in total. The van der Waals surface area contributed by atoms with E-state index in [2.05, 4.69) is 15.1 Å². The summed E-state index contributed by atoms with van der Waals surface area (Å²) in [5.41, 5.74) is 0.647. The molecule has 0 saturated carbocycles. The number of hydrogen-bond donors (Lipinski definition) is 1. The normalized spacial score (nSPS) is 12.5. The fraction of sp³-hybridized carbons (Fsp3) is 0.429. The second-order valence-corrected chi connectivity index (χ2v) is 4.74. The highest BCUT2D eigenvalue weighted by Crippen LogP contribution is 2.14. The Morgan fingerprint density at radius 2 is 2.29 bits per heavy atom. The van der Waals surface area contributed by atoms with Gasteiger partial charge in [0.25, 0.3) is 0 Å². The zero-order chi connectivity index (χ0) is 15.2. The molecule has 0 aromatic carbocycles. The summed E-state index contributed by atoms with van der Waals surface area (Å²) in [7, 11) is 0. The fourth-order valence-corrected chi connectivity index (χ4v) is 2.05. The minimum absolute atomic E-state index is 0.0784. The Morgan fingerprint density at radius 1 is 1.48 bits per heavy atom. The van der Waals surface area contributed by atoms with Crippen molar-refractivity contribution in [2.75, 3.05) is 6.54 Å². The topological polar surface area (TPSA) is 92.4 Å². The number of nitrogens with zero attached hydrogens (tertiary/aromatic N) is 4. The highest BCUT2D eigenvalue weighted by Gasteiger charge is 2.19. The lowest BCUT2D eigenvalue weighted by Crippen LogP contribution is -2.34. The maximum Gasteiger partial charge on any atom is 0.304 e. The molecule has 2 aromatic rings. The largest absolute Gasteiger partial charge is 0.481 e. The molecule has 0 saturated heterocycles.